The Morgan fingerprint density at radius 2 is 1.82 bits per heavy atom. The minimum atomic E-state index is -1.11. The number of amides is 2. The summed E-state index contributed by atoms with van der Waals surface area (Å²) in [4.78, 5) is 24.6. The van der Waals surface area contributed by atoms with Crippen molar-refractivity contribution in [1.29, 1.82) is 0 Å². The molecule has 0 aliphatic carbocycles. The van der Waals surface area contributed by atoms with Crippen LogP contribution in [0.3, 0.4) is 0 Å². The number of carbonyl (C=O) groups excluding carboxylic acids is 2. The molecule has 0 spiro atoms. The lowest BCUT2D eigenvalue weighted by atomic mass is 9.90. The molecule has 1 aromatic carbocycles. The summed E-state index contributed by atoms with van der Waals surface area (Å²) in [5.41, 5.74) is -0.108. The lowest BCUT2D eigenvalue weighted by Crippen LogP contribution is -2.48. The van der Waals surface area contributed by atoms with E-state index in [0.29, 0.717) is 13.2 Å². The zero-order chi connectivity index (χ0) is 16.6. The van der Waals surface area contributed by atoms with E-state index in [2.05, 4.69) is 10.6 Å². The van der Waals surface area contributed by atoms with E-state index >= 15 is 0 Å². The minimum Gasteiger partial charge on any atom is -0.385 e. The van der Waals surface area contributed by atoms with Gasteiger partial charge in [-0.05, 0) is 32.8 Å². The molecular weight excluding hydrogens is 280 g/mol. The first-order valence-electron chi connectivity index (χ1n) is 7.52. The van der Waals surface area contributed by atoms with E-state index in [1.807, 2.05) is 37.3 Å². The first-order valence-corrected chi connectivity index (χ1v) is 7.52. The number of carbonyl (C=O) groups is 2. The van der Waals surface area contributed by atoms with Crippen LogP contribution in [0.15, 0.2) is 30.3 Å². The summed E-state index contributed by atoms with van der Waals surface area (Å²) in [6.07, 6.45) is 0.723. The van der Waals surface area contributed by atoms with Gasteiger partial charge in [-0.3, -0.25) is 9.59 Å². The first-order chi connectivity index (χ1) is 10.4. The van der Waals surface area contributed by atoms with E-state index in [9.17, 15) is 9.59 Å². The van der Waals surface area contributed by atoms with Gasteiger partial charge in [0.05, 0.1) is 6.04 Å². The van der Waals surface area contributed by atoms with Crippen molar-refractivity contribution in [3.05, 3.63) is 35.9 Å². The SMILES string of the molecule is COCCCNC(=O)C(C)(C)C(=O)NC(C)c1ccccc1. The van der Waals surface area contributed by atoms with Gasteiger partial charge in [-0.15, -0.1) is 0 Å². The number of hydrogen-bond donors (Lipinski definition) is 2. The molecule has 1 rings (SSSR count). The maximum absolute atomic E-state index is 12.4. The van der Waals surface area contributed by atoms with Crippen LogP contribution in [0.25, 0.3) is 0 Å². The summed E-state index contributed by atoms with van der Waals surface area (Å²) in [6, 6.07) is 9.52. The highest BCUT2D eigenvalue weighted by Gasteiger charge is 2.36. The van der Waals surface area contributed by atoms with Gasteiger partial charge in [0, 0.05) is 20.3 Å². The Hall–Kier alpha value is -1.88. The Kier molecular flexibility index (Phi) is 7.05. The largest absolute Gasteiger partial charge is 0.385 e. The molecule has 0 bridgehead atoms. The molecule has 1 atom stereocenters. The number of nitrogens with one attached hydrogen (secondary N) is 2. The second-order valence-corrected chi connectivity index (χ2v) is 5.83. The average molecular weight is 306 g/mol. The summed E-state index contributed by atoms with van der Waals surface area (Å²) in [6.45, 7) is 6.24. The molecule has 0 fully saturated rings. The third-order valence-electron chi connectivity index (χ3n) is 3.59. The van der Waals surface area contributed by atoms with Crippen LogP contribution < -0.4 is 10.6 Å². The molecule has 0 saturated heterocycles. The molecule has 5 heteroatoms. The van der Waals surface area contributed by atoms with Crippen LogP contribution in [0.2, 0.25) is 0 Å². The van der Waals surface area contributed by atoms with Crippen LogP contribution in [0.1, 0.15) is 38.8 Å². The Labute approximate surface area is 132 Å². The molecule has 0 aliphatic rings. The van der Waals surface area contributed by atoms with Gasteiger partial charge in [0.2, 0.25) is 11.8 Å². The Morgan fingerprint density at radius 3 is 2.41 bits per heavy atom. The summed E-state index contributed by atoms with van der Waals surface area (Å²) < 4.78 is 4.93. The van der Waals surface area contributed by atoms with E-state index in [1.54, 1.807) is 21.0 Å². The van der Waals surface area contributed by atoms with E-state index in [0.717, 1.165) is 12.0 Å². The van der Waals surface area contributed by atoms with Crippen LogP contribution in [-0.2, 0) is 14.3 Å². The van der Waals surface area contributed by atoms with Crippen molar-refractivity contribution in [3.63, 3.8) is 0 Å². The van der Waals surface area contributed by atoms with Gasteiger partial charge in [-0.25, -0.2) is 0 Å². The Balaban J connectivity index is 2.56. The van der Waals surface area contributed by atoms with Crippen molar-refractivity contribution in [3.8, 4) is 0 Å². The van der Waals surface area contributed by atoms with E-state index in [4.69, 9.17) is 4.74 Å². The van der Waals surface area contributed by atoms with Gasteiger partial charge in [0.1, 0.15) is 5.41 Å². The zero-order valence-corrected chi connectivity index (χ0v) is 13.8. The first kappa shape index (κ1) is 18.2. The van der Waals surface area contributed by atoms with Gasteiger partial charge < -0.3 is 15.4 Å². The van der Waals surface area contributed by atoms with Crippen LogP contribution >= 0.6 is 0 Å². The molecular formula is C17H26N2O3. The third-order valence-corrected chi connectivity index (χ3v) is 3.59. The fourth-order valence-electron chi connectivity index (χ4n) is 1.94. The number of methoxy groups -OCH3 is 1. The maximum atomic E-state index is 12.4. The van der Waals surface area contributed by atoms with Gasteiger partial charge in [0.25, 0.3) is 0 Å². The van der Waals surface area contributed by atoms with Crippen LogP contribution in [0, 0.1) is 5.41 Å². The number of ether oxygens (including phenoxy) is 1. The summed E-state index contributed by atoms with van der Waals surface area (Å²) in [7, 11) is 1.62. The van der Waals surface area contributed by atoms with E-state index < -0.39 is 5.41 Å². The highest BCUT2D eigenvalue weighted by atomic mass is 16.5. The van der Waals surface area contributed by atoms with Crippen molar-refractivity contribution in [2.75, 3.05) is 20.3 Å². The number of benzene rings is 1. The molecule has 2 amide bonds. The van der Waals surface area contributed by atoms with Crippen molar-refractivity contribution in [1.82, 2.24) is 10.6 Å². The van der Waals surface area contributed by atoms with Crippen LogP contribution in [-0.4, -0.2) is 32.1 Å². The molecule has 0 aliphatic heterocycles. The van der Waals surface area contributed by atoms with E-state index in [-0.39, 0.29) is 17.9 Å². The third kappa shape index (κ3) is 5.15. The summed E-state index contributed by atoms with van der Waals surface area (Å²) in [5.74, 6) is -0.561. The normalized spacial score (nSPS) is 12.5. The second kappa shape index (κ2) is 8.54. The predicted octanol–water partition coefficient (Wildman–Crippen LogP) is 2.04. The summed E-state index contributed by atoms with van der Waals surface area (Å²) >= 11 is 0. The molecule has 1 aromatic rings. The topological polar surface area (TPSA) is 67.4 Å². The number of rotatable bonds is 8. The summed E-state index contributed by atoms with van der Waals surface area (Å²) in [5, 5.41) is 5.67. The highest BCUT2D eigenvalue weighted by Crippen LogP contribution is 2.19. The van der Waals surface area contributed by atoms with Crippen molar-refractivity contribution in [2.45, 2.75) is 33.2 Å². The monoisotopic (exact) mass is 306 g/mol. The van der Waals surface area contributed by atoms with Gasteiger partial charge in [-0.1, -0.05) is 30.3 Å². The highest BCUT2D eigenvalue weighted by molar-refractivity contribution is 6.04. The molecule has 1 unspecified atom stereocenters. The molecule has 5 nitrogen and oxygen atoms in total. The fourth-order valence-corrected chi connectivity index (χ4v) is 1.94. The minimum absolute atomic E-state index is 0.144. The predicted molar refractivity (Wildman–Crippen MR) is 86.3 cm³/mol. The molecule has 0 saturated carbocycles. The van der Waals surface area contributed by atoms with E-state index in [1.165, 1.54) is 0 Å². The van der Waals surface area contributed by atoms with Gasteiger partial charge >= 0.3 is 0 Å². The Morgan fingerprint density at radius 1 is 1.18 bits per heavy atom. The lowest BCUT2D eigenvalue weighted by Gasteiger charge is -2.25. The van der Waals surface area contributed by atoms with Gasteiger partial charge in [0.15, 0.2) is 0 Å². The van der Waals surface area contributed by atoms with Crippen LogP contribution in [0.4, 0.5) is 0 Å². The molecule has 0 aromatic heterocycles. The molecule has 0 heterocycles. The van der Waals surface area contributed by atoms with Gasteiger partial charge in [-0.2, -0.15) is 0 Å². The average Bonchev–Trinajstić information content (AvgIpc) is 2.51. The molecule has 122 valence electrons. The zero-order valence-electron chi connectivity index (χ0n) is 13.8. The molecule has 22 heavy (non-hydrogen) atoms. The van der Waals surface area contributed by atoms with Crippen molar-refractivity contribution >= 4 is 11.8 Å². The standard InChI is InChI=1S/C17H26N2O3/c1-13(14-9-6-5-7-10-14)19-16(21)17(2,3)15(20)18-11-8-12-22-4/h5-7,9-10,13H,8,11-12H2,1-4H3,(H,18,20)(H,19,21). The fraction of sp³-hybridized carbons (Fsp3) is 0.529. The number of hydrogen-bond acceptors (Lipinski definition) is 3. The molecule has 0 radical (unpaired) electrons. The van der Waals surface area contributed by atoms with Crippen molar-refractivity contribution in [2.24, 2.45) is 5.41 Å². The van der Waals surface area contributed by atoms with Crippen LogP contribution in [0.5, 0.6) is 0 Å². The maximum Gasteiger partial charge on any atom is 0.235 e. The van der Waals surface area contributed by atoms with Crippen molar-refractivity contribution < 1.29 is 14.3 Å². The Bertz CT molecular complexity index is 486. The quantitative estimate of drug-likeness (QED) is 0.570. The smallest absolute Gasteiger partial charge is 0.235 e. The second-order valence-electron chi connectivity index (χ2n) is 5.83. The lowest BCUT2D eigenvalue weighted by molar-refractivity contribution is -0.141. The molecule has 2 N–H and O–H groups in total.